The molecule has 3 aliphatic carbocycles. The maximum atomic E-state index is 9.93. The molecule has 2 aromatic carbocycles. The summed E-state index contributed by atoms with van der Waals surface area (Å²) in [5.41, 5.74) is 8.42. The number of aryl methyl sites for hydroxylation is 2. The fourth-order valence-corrected chi connectivity index (χ4v) is 7.34. The first-order valence-corrected chi connectivity index (χ1v) is 13.0. The minimum absolute atomic E-state index is 0.144. The van der Waals surface area contributed by atoms with E-state index in [1.165, 1.54) is 36.1 Å². The molecule has 1 heterocycles. The Hall–Kier alpha value is -3.21. The summed E-state index contributed by atoms with van der Waals surface area (Å²) in [5, 5.41) is 24.1. The second kappa shape index (κ2) is 8.47. The number of para-hydroxylation sites is 1. The highest BCUT2D eigenvalue weighted by molar-refractivity contribution is 5.93. The number of nitrogens with zero attached hydrogens (tertiary/aromatic N) is 4. The quantitative estimate of drug-likeness (QED) is 0.352. The van der Waals surface area contributed by atoms with Crippen molar-refractivity contribution in [1.82, 2.24) is 9.78 Å². The van der Waals surface area contributed by atoms with Crippen LogP contribution < -0.4 is 0 Å². The highest BCUT2D eigenvalue weighted by Crippen LogP contribution is 2.60. The van der Waals surface area contributed by atoms with E-state index in [-0.39, 0.29) is 5.41 Å². The zero-order valence-electron chi connectivity index (χ0n) is 20.9. The molecule has 180 valence electrons. The van der Waals surface area contributed by atoms with E-state index in [0.29, 0.717) is 23.5 Å². The third kappa shape index (κ3) is 3.64. The van der Waals surface area contributed by atoms with Crippen LogP contribution in [0.2, 0.25) is 0 Å². The average Bonchev–Trinajstić information content (AvgIpc) is 3.35. The number of aromatic hydroxyl groups is 1. The van der Waals surface area contributed by atoms with E-state index in [0.717, 1.165) is 41.9 Å². The van der Waals surface area contributed by atoms with Gasteiger partial charge in [0.05, 0.1) is 23.3 Å². The molecule has 2 saturated carbocycles. The van der Waals surface area contributed by atoms with Crippen molar-refractivity contribution in [3.05, 3.63) is 76.6 Å². The zero-order chi connectivity index (χ0) is 24.2. The molecule has 0 amide bonds. The summed E-state index contributed by atoms with van der Waals surface area (Å²) in [6.45, 7) is 6.57. The van der Waals surface area contributed by atoms with E-state index < -0.39 is 0 Å². The van der Waals surface area contributed by atoms with Crippen molar-refractivity contribution in [1.29, 1.82) is 0 Å². The lowest BCUT2D eigenvalue weighted by molar-refractivity contribution is 0.0955. The molecule has 0 saturated heterocycles. The van der Waals surface area contributed by atoms with Gasteiger partial charge in [0, 0.05) is 16.7 Å². The van der Waals surface area contributed by atoms with Gasteiger partial charge in [0.25, 0.3) is 0 Å². The molecule has 5 heteroatoms. The zero-order valence-corrected chi connectivity index (χ0v) is 20.9. The summed E-state index contributed by atoms with van der Waals surface area (Å²) in [6.07, 6.45) is 8.81. The van der Waals surface area contributed by atoms with Gasteiger partial charge in [-0.2, -0.15) is 15.3 Å². The van der Waals surface area contributed by atoms with Crippen LogP contribution in [0.4, 0.5) is 0 Å². The molecule has 3 aromatic rings. The molecule has 1 aromatic heterocycles. The van der Waals surface area contributed by atoms with Crippen LogP contribution in [0.5, 0.6) is 5.75 Å². The number of rotatable bonds is 3. The topological polar surface area (TPSA) is 62.8 Å². The van der Waals surface area contributed by atoms with Crippen LogP contribution in [-0.2, 0) is 6.42 Å². The number of hydrogen-bond acceptors (Lipinski definition) is 4. The largest absolute Gasteiger partial charge is 0.508 e. The van der Waals surface area contributed by atoms with E-state index in [4.69, 9.17) is 10.2 Å². The van der Waals surface area contributed by atoms with Crippen molar-refractivity contribution in [3.63, 3.8) is 0 Å². The molecular formula is C30H34N4O. The van der Waals surface area contributed by atoms with Crippen molar-refractivity contribution in [3.8, 4) is 11.4 Å². The molecule has 4 unspecified atom stereocenters. The molecule has 0 spiro atoms. The summed E-state index contributed by atoms with van der Waals surface area (Å²) in [5.74, 6) is 2.39. The molecule has 4 atom stereocenters. The highest BCUT2D eigenvalue weighted by Gasteiger charge is 2.53. The monoisotopic (exact) mass is 466 g/mol. The van der Waals surface area contributed by atoms with Crippen LogP contribution in [0.25, 0.3) is 5.69 Å². The predicted octanol–water partition coefficient (Wildman–Crippen LogP) is 6.53. The Morgan fingerprint density at radius 3 is 2.71 bits per heavy atom. The van der Waals surface area contributed by atoms with Crippen LogP contribution >= 0.6 is 0 Å². The van der Waals surface area contributed by atoms with Gasteiger partial charge in [-0.05, 0) is 106 Å². The molecule has 0 bridgehead atoms. The lowest BCUT2D eigenvalue weighted by atomic mass is 9.55. The molecule has 5 nitrogen and oxygen atoms in total. The summed E-state index contributed by atoms with van der Waals surface area (Å²) in [7, 11) is 0. The molecule has 1 N–H and O–H groups in total. The number of aromatic nitrogens is 2. The van der Waals surface area contributed by atoms with Crippen molar-refractivity contribution in [2.75, 3.05) is 0 Å². The molecule has 2 fully saturated rings. The molecule has 3 aliphatic rings. The number of benzene rings is 2. The highest BCUT2D eigenvalue weighted by atomic mass is 16.3. The van der Waals surface area contributed by atoms with E-state index in [1.807, 2.05) is 48.2 Å². The minimum atomic E-state index is 0.144. The third-order valence-electron chi connectivity index (χ3n) is 9.16. The van der Waals surface area contributed by atoms with E-state index in [2.05, 4.69) is 37.1 Å². The lowest BCUT2D eigenvalue weighted by Crippen LogP contribution is -2.42. The Morgan fingerprint density at radius 1 is 1.06 bits per heavy atom. The average molecular weight is 467 g/mol. The Morgan fingerprint density at radius 2 is 1.89 bits per heavy atom. The molecule has 0 aliphatic heterocycles. The van der Waals surface area contributed by atoms with Crippen LogP contribution in [0.3, 0.4) is 0 Å². The van der Waals surface area contributed by atoms with Crippen LogP contribution in [0, 0.1) is 31.1 Å². The summed E-state index contributed by atoms with van der Waals surface area (Å²) in [6, 6.07) is 16.3. The lowest BCUT2D eigenvalue weighted by Gasteiger charge is -2.49. The van der Waals surface area contributed by atoms with Crippen molar-refractivity contribution in [2.45, 2.75) is 65.2 Å². The Bertz CT molecular complexity index is 1320. The van der Waals surface area contributed by atoms with E-state index in [9.17, 15) is 5.11 Å². The Labute approximate surface area is 207 Å². The van der Waals surface area contributed by atoms with Gasteiger partial charge in [0.1, 0.15) is 5.75 Å². The molecular weight excluding hydrogens is 432 g/mol. The maximum Gasteiger partial charge on any atom is 0.115 e. The fraction of sp³-hybridized carbons (Fsp3) is 0.433. The predicted molar refractivity (Wildman–Crippen MR) is 141 cm³/mol. The summed E-state index contributed by atoms with van der Waals surface area (Å²) >= 11 is 0. The first-order valence-electron chi connectivity index (χ1n) is 13.0. The SMILES string of the molecule is Cc1nn(-c2ccccc2)c(C)c1/C=N/N=C1\CCC2C3CCc4cc(O)ccc4C3CCC12C. The maximum absolute atomic E-state index is 9.93. The summed E-state index contributed by atoms with van der Waals surface area (Å²) in [4.78, 5) is 0. The van der Waals surface area contributed by atoms with Crippen LogP contribution in [-0.4, -0.2) is 26.8 Å². The number of fused-ring (bicyclic) bond motifs is 5. The fourth-order valence-electron chi connectivity index (χ4n) is 7.34. The number of hydrogen-bond donors (Lipinski definition) is 1. The van der Waals surface area contributed by atoms with Crippen molar-refractivity contribution < 1.29 is 5.11 Å². The Kier molecular flexibility index (Phi) is 5.39. The van der Waals surface area contributed by atoms with Gasteiger partial charge in [-0.1, -0.05) is 31.2 Å². The van der Waals surface area contributed by atoms with Gasteiger partial charge in [-0.25, -0.2) is 4.68 Å². The Balaban J connectivity index is 1.24. The van der Waals surface area contributed by atoms with Crippen molar-refractivity contribution >= 4 is 11.9 Å². The minimum Gasteiger partial charge on any atom is -0.508 e. The standard InChI is InChI=1S/C30H34N4O/c1-19-27(20(2)34(33-19)22-7-5-4-6-8-22)18-31-32-29-14-13-28-26-11-9-21-17-23(35)10-12-24(21)25(26)15-16-30(28,29)3/h4-8,10,12,17-18,25-26,28,35H,9,11,13-16H2,1-3H3/b31-18+,32-29+. The second-order valence-corrected chi connectivity index (χ2v) is 10.9. The normalized spacial score (nSPS) is 28.8. The van der Waals surface area contributed by atoms with Crippen LogP contribution in [0.15, 0.2) is 58.7 Å². The van der Waals surface area contributed by atoms with Gasteiger partial charge in [-0.3, -0.25) is 0 Å². The molecule has 0 radical (unpaired) electrons. The van der Waals surface area contributed by atoms with Gasteiger partial charge in [0.15, 0.2) is 0 Å². The third-order valence-corrected chi connectivity index (χ3v) is 9.16. The van der Waals surface area contributed by atoms with E-state index >= 15 is 0 Å². The second-order valence-electron chi connectivity index (χ2n) is 10.9. The van der Waals surface area contributed by atoms with Gasteiger partial charge >= 0.3 is 0 Å². The van der Waals surface area contributed by atoms with Gasteiger partial charge in [0.2, 0.25) is 0 Å². The smallest absolute Gasteiger partial charge is 0.115 e. The first-order chi connectivity index (χ1) is 17.0. The number of phenols is 1. The van der Waals surface area contributed by atoms with E-state index in [1.54, 1.807) is 0 Å². The van der Waals surface area contributed by atoms with Crippen molar-refractivity contribution in [2.24, 2.45) is 27.5 Å². The summed E-state index contributed by atoms with van der Waals surface area (Å²) < 4.78 is 1.98. The van der Waals surface area contributed by atoms with Gasteiger partial charge < -0.3 is 5.11 Å². The van der Waals surface area contributed by atoms with Crippen LogP contribution in [0.1, 0.15) is 73.0 Å². The van der Waals surface area contributed by atoms with Gasteiger partial charge in [-0.15, -0.1) is 0 Å². The number of phenolic OH excluding ortho intramolecular Hbond substituents is 1. The molecule has 6 rings (SSSR count). The molecule has 35 heavy (non-hydrogen) atoms. The first kappa shape index (κ1) is 22.3.